The summed E-state index contributed by atoms with van der Waals surface area (Å²) in [7, 11) is 0. The van der Waals surface area contributed by atoms with Crippen LogP contribution in [0.2, 0.25) is 0 Å². The number of β-amino-alcohol motifs (C(OH)–C–C–N with tert-alkyl or cyclic N) is 1. The van der Waals surface area contributed by atoms with Crippen molar-refractivity contribution in [2.24, 2.45) is 0 Å². The molecular formula is C20H27FN4O4. The summed E-state index contributed by atoms with van der Waals surface area (Å²) >= 11 is 0. The van der Waals surface area contributed by atoms with Crippen molar-refractivity contribution in [3.63, 3.8) is 0 Å². The number of benzene rings is 1. The molecule has 29 heavy (non-hydrogen) atoms. The number of hydrogen-bond donors (Lipinski definition) is 2. The van der Waals surface area contributed by atoms with E-state index in [2.05, 4.69) is 20.1 Å². The predicted octanol–water partition coefficient (Wildman–Crippen LogP) is 1.58. The molecule has 0 aliphatic carbocycles. The average molecular weight is 406 g/mol. The van der Waals surface area contributed by atoms with Gasteiger partial charge in [0.1, 0.15) is 12.1 Å². The summed E-state index contributed by atoms with van der Waals surface area (Å²) in [6.45, 7) is 7.29. The Morgan fingerprint density at radius 3 is 2.66 bits per heavy atom. The maximum Gasteiger partial charge on any atom is 0.277 e. The number of aromatic nitrogens is 1. The van der Waals surface area contributed by atoms with Gasteiger partial charge in [0, 0.05) is 45.0 Å². The Hall–Kier alpha value is -2.33. The zero-order valence-electron chi connectivity index (χ0n) is 16.5. The van der Waals surface area contributed by atoms with Gasteiger partial charge in [-0.2, -0.15) is 0 Å². The number of carbonyl (C=O) groups is 1. The lowest BCUT2D eigenvalue weighted by atomic mass is 10.2. The standard InChI is InChI=1S/C20H27FN4O4/c1-2-28-13-17(26)11-24-7-9-25(10-8-24)12-19-23-18(14-29-19)20(27)22-16-5-3-15(21)4-6-16/h3-6,14,17,26H,2,7-13H2,1H3,(H,22,27)/t17-/m1/s1. The SMILES string of the molecule is CCOC[C@H](O)CN1CCN(Cc2nc(C(=O)Nc3ccc(F)cc3)co2)CC1. The summed E-state index contributed by atoms with van der Waals surface area (Å²) in [6.07, 6.45) is 0.851. The van der Waals surface area contributed by atoms with E-state index in [1.165, 1.54) is 30.5 Å². The van der Waals surface area contributed by atoms with Crippen molar-refractivity contribution in [3.8, 4) is 0 Å². The summed E-state index contributed by atoms with van der Waals surface area (Å²) in [5.41, 5.74) is 0.672. The Bertz CT molecular complexity index is 775. The molecule has 1 aliphatic heterocycles. The smallest absolute Gasteiger partial charge is 0.277 e. The number of ether oxygens (including phenoxy) is 1. The molecule has 0 saturated carbocycles. The average Bonchev–Trinajstić information content (AvgIpc) is 3.18. The van der Waals surface area contributed by atoms with Crippen LogP contribution in [0.3, 0.4) is 0 Å². The summed E-state index contributed by atoms with van der Waals surface area (Å²) in [5, 5.41) is 12.6. The third-order valence-corrected chi connectivity index (χ3v) is 4.69. The number of hydrogen-bond acceptors (Lipinski definition) is 7. The fourth-order valence-corrected chi connectivity index (χ4v) is 3.14. The van der Waals surface area contributed by atoms with Gasteiger partial charge >= 0.3 is 0 Å². The second-order valence-corrected chi connectivity index (χ2v) is 6.98. The number of halogens is 1. The predicted molar refractivity (Wildman–Crippen MR) is 105 cm³/mol. The highest BCUT2D eigenvalue weighted by atomic mass is 19.1. The minimum absolute atomic E-state index is 0.182. The lowest BCUT2D eigenvalue weighted by Crippen LogP contribution is -2.48. The molecule has 0 unspecified atom stereocenters. The van der Waals surface area contributed by atoms with Crippen LogP contribution in [-0.2, 0) is 11.3 Å². The Morgan fingerprint density at radius 1 is 1.28 bits per heavy atom. The van der Waals surface area contributed by atoms with E-state index in [9.17, 15) is 14.3 Å². The topological polar surface area (TPSA) is 91.1 Å². The van der Waals surface area contributed by atoms with Gasteiger partial charge < -0.3 is 19.6 Å². The van der Waals surface area contributed by atoms with Gasteiger partial charge in [-0.25, -0.2) is 9.37 Å². The molecule has 1 atom stereocenters. The lowest BCUT2D eigenvalue weighted by molar-refractivity contribution is 0.00949. The number of amides is 1. The number of oxazole rings is 1. The van der Waals surface area contributed by atoms with E-state index in [-0.39, 0.29) is 11.5 Å². The molecule has 1 aliphatic rings. The minimum Gasteiger partial charge on any atom is -0.447 e. The molecule has 0 spiro atoms. The molecule has 0 bridgehead atoms. The van der Waals surface area contributed by atoms with Crippen molar-refractivity contribution in [2.45, 2.75) is 19.6 Å². The molecule has 8 nitrogen and oxygen atoms in total. The number of nitrogens with one attached hydrogen (secondary N) is 1. The van der Waals surface area contributed by atoms with Crippen molar-refractivity contribution >= 4 is 11.6 Å². The third-order valence-electron chi connectivity index (χ3n) is 4.69. The van der Waals surface area contributed by atoms with Crippen molar-refractivity contribution < 1.29 is 23.4 Å². The molecular weight excluding hydrogens is 379 g/mol. The number of piperazine rings is 1. The van der Waals surface area contributed by atoms with Gasteiger partial charge in [-0.1, -0.05) is 0 Å². The maximum absolute atomic E-state index is 12.9. The van der Waals surface area contributed by atoms with Crippen LogP contribution in [0.4, 0.5) is 10.1 Å². The summed E-state index contributed by atoms with van der Waals surface area (Å²) in [6, 6.07) is 5.52. The van der Waals surface area contributed by atoms with Gasteiger partial charge in [0.15, 0.2) is 5.69 Å². The largest absolute Gasteiger partial charge is 0.447 e. The first kappa shape index (κ1) is 21.4. The number of aliphatic hydroxyl groups is 1. The fraction of sp³-hybridized carbons (Fsp3) is 0.500. The fourth-order valence-electron chi connectivity index (χ4n) is 3.14. The van der Waals surface area contributed by atoms with Crippen LogP contribution in [-0.4, -0.2) is 77.8 Å². The van der Waals surface area contributed by atoms with Gasteiger partial charge in [0.05, 0.1) is 19.3 Å². The Balaban J connectivity index is 1.43. The van der Waals surface area contributed by atoms with E-state index in [0.29, 0.717) is 37.9 Å². The zero-order valence-corrected chi connectivity index (χ0v) is 16.5. The highest BCUT2D eigenvalue weighted by Gasteiger charge is 2.21. The number of carbonyl (C=O) groups excluding carboxylic acids is 1. The van der Waals surface area contributed by atoms with Crippen molar-refractivity contribution in [3.05, 3.63) is 47.9 Å². The molecule has 1 amide bonds. The van der Waals surface area contributed by atoms with Crippen LogP contribution < -0.4 is 5.32 Å². The molecule has 3 rings (SSSR count). The van der Waals surface area contributed by atoms with E-state index in [1.54, 1.807) is 0 Å². The van der Waals surface area contributed by atoms with E-state index in [0.717, 1.165) is 26.2 Å². The highest BCUT2D eigenvalue weighted by Crippen LogP contribution is 2.13. The second kappa shape index (κ2) is 10.4. The molecule has 1 fully saturated rings. The maximum atomic E-state index is 12.9. The molecule has 1 aromatic carbocycles. The molecule has 2 aromatic rings. The number of rotatable bonds is 9. The van der Waals surface area contributed by atoms with Gasteiger partial charge in [-0.15, -0.1) is 0 Å². The number of nitrogens with zero attached hydrogens (tertiary/aromatic N) is 3. The van der Waals surface area contributed by atoms with Crippen LogP contribution in [0.5, 0.6) is 0 Å². The van der Waals surface area contributed by atoms with E-state index in [1.807, 2.05) is 6.92 Å². The second-order valence-electron chi connectivity index (χ2n) is 6.98. The molecule has 2 heterocycles. The molecule has 1 saturated heterocycles. The number of aliphatic hydroxyl groups excluding tert-OH is 1. The summed E-state index contributed by atoms with van der Waals surface area (Å²) in [4.78, 5) is 20.9. The van der Waals surface area contributed by atoms with Crippen LogP contribution >= 0.6 is 0 Å². The van der Waals surface area contributed by atoms with Gasteiger partial charge in [-0.05, 0) is 31.2 Å². The summed E-state index contributed by atoms with van der Waals surface area (Å²) in [5.74, 6) is -0.297. The zero-order chi connectivity index (χ0) is 20.6. The van der Waals surface area contributed by atoms with Crippen LogP contribution in [0.1, 0.15) is 23.3 Å². The van der Waals surface area contributed by atoms with Crippen molar-refractivity contribution in [1.82, 2.24) is 14.8 Å². The first-order chi connectivity index (χ1) is 14.0. The van der Waals surface area contributed by atoms with E-state index < -0.39 is 12.0 Å². The van der Waals surface area contributed by atoms with Crippen LogP contribution in [0.25, 0.3) is 0 Å². The molecule has 2 N–H and O–H groups in total. The van der Waals surface area contributed by atoms with Gasteiger partial charge in [0.25, 0.3) is 5.91 Å². The molecule has 1 aromatic heterocycles. The first-order valence-corrected chi connectivity index (χ1v) is 9.75. The quantitative estimate of drug-likeness (QED) is 0.653. The minimum atomic E-state index is -0.476. The first-order valence-electron chi connectivity index (χ1n) is 9.75. The van der Waals surface area contributed by atoms with Crippen molar-refractivity contribution in [1.29, 1.82) is 0 Å². The van der Waals surface area contributed by atoms with E-state index >= 15 is 0 Å². The Kier molecular flexibility index (Phi) is 7.70. The normalized spacial score (nSPS) is 16.7. The van der Waals surface area contributed by atoms with Gasteiger partial charge in [0.2, 0.25) is 5.89 Å². The number of anilines is 1. The van der Waals surface area contributed by atoms with Gasteiger partial charge in [-0.3, -0.25) is 14.6 Å². The highest BCUT2D eigenvalue weighted by molar-refractivity contribution is 6.02. The molecule has 0 radical (unpaired) electrons. The van der Waals surface area contributed by atoms with Crippen molar-refractivity contribution in [2.75, 3.05) is 51.3 Å². The molecule has 158 valence electrons. The third kappa shape index (κ3) is 6.60. The summed E-state index contributed by atoms with van der Waals surface area (Å²) < 4.78 is 23.6. The van der Waals surface area contributed by atoms with Crippen LogP contribution in [0, 0.1) is 5.82 Å². The van der Waals surface area contributed by atoms with Crippen LogP contribution in [0.15, 0.2) is 34.9 Å². The Labute approximate surface area is 169 Å². The van der Waals surface area contributed by atoms with E-state index in [4.69, 9.17) is 9.15 Å². The Morgan fingerprint density at radius 2 is 1.97 bits per heavy atom. The monoisotopic (exact) mass is 406 g/mol. The molecule has 9 heteroatoms. The lowest BCUT2D eigenvalue weighted by Gasteiger charge is -2.34.